The molecule has 0 aromatic carbocycles. The molecule has 0 radical (unpaired) electrons. The molecule has 0 aromatic heterocycles. The van der Waals surface area contributed by atoms with E-state index in [1.54, 1.807) is 6.92 Å². The van der Waals surface area contributed by atoms with Crippen molar-refractivity contribution in [3.05, 3.63) is 0 Å². The third-order valence-electron chi connectivity index (χ3n) is 14.0. The molecular weight excluding hydrogens is 1150 g/mol. The Bertz CT molecular complexity index is 2010. The third kappa shape index (κ3) is 52.0. The summed E-state index contributed by atoms with van der Waals surface area (Å²) < 4.78 is 21.1. The van der Waals surface area contributed by atoms with Crippen LogP contribution in [-0.2, 0) is 76.5 Å². The first-order valence-electron chi connectivity index (χ1n) is 31.4. The summed E-state index contributed by atoms with van der Waals surface area (Å²) in [7, 11) is 1.83. The Morgan fingerprint density at radius 1 is 0.420 bits per heavy atom. The fourth-order valence-electron chi connectivity index (χ4n) is 8.77. The van der Waals surface area contributed by atoms with Gasteiger partial charge in [0.2, 0.25) is 23.6 Å². The molecule has 0 aliphatic rings. The van der Waals surface area contributed by atoms with E-state index in [1.807, 2.05) is 7.05 Å². The van der Waals surface area contributed by atoms with Gasteiger partial charge in [0.15, 0.2) is 11.8 Å². The van der Waals surface area contributed by atoms with Crippen LogP contribution in [0, 0.1) is 11.8 Å². The number of unbranched alkanes of at least 4 members (excludes halogenated alkanes) is 14. The maximum absolute atomic E-state index is 12.4. The van der Waals surface area contributed by atoms with Gasteiger partial charge in [-0.15, -0.1) is 0 Å². The molecule has 0 rings (SSSR count). The second-order valence-corrected chi connectivity index (χ2v) is 21.9. The van der Waals surface area contributed by atoms with Crippen LogP contribution >= 0.6 is 0 Å². The fraction of sp³-hybridized carbons (Fsp3) is 0.803. The van der Waals surface area contributed by atoms with Crippen molar-refractivity contribution in [2.75, 3.05) is 73.0 Å². The molecule has 27 nitrogen and oxygen atoms in total. The van der Waals surface area contributed by atoms with E-state index in [0.717, 1.165) is 51.5 Å². The third-order valence-corrected chi connectivity index (χ3v) is 14.0. The smallest absolute Gasteiger partial charge is 0.328 e. The highest BCUT2D eigenvalue weighted by atomic mass is 16.5. The topological polar surface area (TPSA) is 423 Å². The average molecular weight is 1260 g/mol. The molecule has 11 N–H and O–H groups in total. The van der Waals surface area contributed by atoms with Gasteiger partial charge in [-0.1, -0.05) is 90.4 Å². The van der Waals surface area contributed by atoms with Crippen molar-refractivity contribution < 1.29 is 107 Å². The number of carboxylic acids is 5. The molecule has 0 aromatic rings. The molecule has 0 aliphatic carbocycles. The molecule has 0 bridgehead atoms. The highest BCUT2D eigenvalue weighted by molar-refractivity contribution is 5.88. The lowest BCUT2D eigenvalue weighted by Gasteiger charge is -2.21. The number of amides is 4. The van der Waals surface area contributed by atoms with E-state index < -0.39 is 89.4 Å². The zero-order valence-corrected chi connectivity index (χ0v) is 52.8. The van der Waals surface area contributed by atoms with Crippen molar-refractivity contribution >= 4 is 70.8 Å². The van der Waals surface area contributed by atoms with Crippen LogP contribution in [0.15, 0.2) is 0 Å². The van der Waals surface area contributed by atoms with Gasteiger partial charge in [0, 0.05) is 70.6 Å². The zero-order valence-electron chi connectivity index (χ0n) is 52.8. The van der Waals surface area contributed by atoms with Crippen molar-refractivity contribution in [2.24, 2.45) is 11.8 Å². The van der Waals surface area contributed by atoms with Gasteiger partial charge >= 0.3 is 29.8 Å². The van der Waals surface area contributed by atoms with Crippen LogP contribution in [0.5, 0.6) is 0 Å². The molecule has 0 saturated heterocycles. The average Bonchev–Trinajstić information content (AvgIpc) is 3.48. The molecule has 0 saturated carbocycles. The summed E-state index contributed by atoms with van der Waals surface area (Å²) >= 11 is 0. The number of carbonyl (C=O) groups excluding carboxylic acids is 7. The Labute approximate surface area is 519 Å². The Hall–Kier alpha value is -6.00. The van der Waals surface area contributed by atoms with Gasteiger partial charge < -0.3 is 81.0 Å². The quantitative estimate of drug-likeness (QED) is 0.0360. The lowest BCUT2D eigenvalue weighted by Crippen LogP contribution is -2.49. The number of carboxylic acid groups (broad SMARTS) is 5. The van der Waals surface area contributed by atoms with Gasteiger partial charge in [0.25, 0.3) is 0 Å². The number of likely N-dealkylation sites (N-methyl/N-ethyl adjacent to an activating group) is 1. The highest BCUT2D eigenvalue weighted by Crippen LogP contribution is 2.18. The summed E-state index contributed by atoms with van der Waals surface area (Å²) in [6, 6.07) is -3.88. The summed E-state index contributed by atoms with van der Waals surface area (Å²) in [6.07, 6.45) is 16.4. The molecule has 6 atom stereocenters. The number of Topliss-reactive ketones (excluding diaryl/α,β-unsaturated/α-hetero) is 3. The maximum atomic E-state index is 12.4. The van der Waals surface area contributed by atoms with Crippen LogP contribution in [0.25, 0.3) is 0 Å². The molecule has 0 fully saturated rings. The number of hydrogen-bond acceptors (Lipinski definition) is 18. The lowest BCUT2D eigenvalue weighted by molar-refractivity contribution is -0.145. The van der Waals surface area contributed by atoms with Crippen LogP contribution in [0.2, 0.25) is 0 Å². The molecule has 88 heavy (non-hydrogen) atoms. The van der Waals surface area contributed by atoms with Crippen LogP contribution in [0.4, 0.5) is 0 Å². The summed E-state index contributed by atoms with van der Waals surface area (Å²) in [5, 5.41) is 68.1. The molecule has 508 valence electrons. The minimum atomic E-state index is -1.39. The number of ether oxygens (including phenoxy) is 4. The van der Waals surface area contributed by atoms with Gasteiger partial charge in [-0.05, 0) is 78.7 Å². The van der Waals surface area contributed by atoms with Crippen LogP contribution in [-0.4, -0.2) is 199 Å². The fourth-order valence-corrected chi connectivity index (χ4v) is 8.77. The molecule has 4 amide bonds. The van der Waals surface area contributed by atoms with E-state index in [0.29, 0.717) is 77.9 Å². The lowest BCUT2D eigenvalue weighted by atomic mass is 9.94. The summed E-state index contributed by atoms with van der Waals surface area (Å²) in [5.74, 6) is -9.63. The van der Waals surface area contributed by atoms with Gasteiger partial charge in [-0.3, -0.25) is 38.4 Å². The molecule has 27 heteroatoms. The molecular formula is C61H107N5O22. The van der Waals surface area contributed by atoms with Crippen LogP contribution < -0.4 is 26.6 Å². The highest BCUT2D eigenvalue weighted by Gasteiger charge is 2.29. The number of aliphatic hydroxyl groups is 1. The molecule has 0 heterocycles. The first-order valence-corrected chi connectivity index (χ1v) is 31.4. The van der Waals surface area contributed by atoms with E-state index in [9.17, 15) is 78.0 Å². The minimum absolute atomic E-state index is 0.0188. The summed E-state index contributed by atoms with van der Waals surface area (Å²) in [6.45, 7) is 7.04. The number of aliphatic carboxylic acids is 5. The van der Waals surface area contributed by atoms with Gasteiger partial charge in [0.05, 0.1) is 45.1 Å². The van der Waals surface area contributed by atoms with E-state index in [1.165, 1.54) is 52.4 Å². The molecule has 0 spiro atoms. The molecule has 0 aliphatic heterocycles. The number of nitrogens with one attached hydrogen (secondary N) is 5. The Balaban J connectivity index is 0. The Morgan fingerprint density at radius 2 is 0.932 bits per heavy atom. The zero-order chi connectivity index (χ0) is 66.3. The van der Waals surface area contributed by atoms with Crippen molar-refractivity contribution in [3.63, 3.8) is 0 Å². The van der Waals surface area contributed by atoms with E-state index in [2.05, 4.69) is 26.6 Å². The first-order chi connectivity index (χ1) is 41.9. The van der Waals surface area contributed by atoms with Gasteiger partial charge in [0.1, 0.15) is 36.9 Å². The summed E-state index contributed by atoms with van der Waals surface area (Å²) in [5.41, 5.74) is 0. The van der Waals surface area contributed by atoms with Crippen molar-refractivity contribution in [1.29, 1.82) is 0 Å². The van der Waals surface area contributed by atoms with Crippen molar-refractivity contribution in [3.8, 4) is 0 Å². The van der Waals surface area contributed by atoms with E-state index in [4.69, 9.17) is 29.2 Å². The predicted molar refractivity (Wildman–Crippen MR) is 323 cm³/mol. The minimum Gasteiger partial charge on any atom is -0.481 e. The monoisotopic (exact) mass is 1260 g/mol. The number of aliphatic hydroxyl groups excluding tert-OH is 1. The van der Waals surface area contributed by atoms with E-state index in [-0.39, 0.29) is 102 Å². The Kier molecular flexibility index (Phi) is 53.7. The number of carbonyl (C=O) groups is 12. The predicted octanol–water partition coefficient (Wildman–Crippen LogP) is 4.93. The van der Waals surface area contributed by atoms with Crippen molar-refractivity contribution in [1.82, 2.24) is 26.6 Å². The number of ketones is 3. The second-order valence-electron chi connectivity index (χ2n) is 21.9. The Morgan fingerprint density at radius 3 is 1.43 bits per heavy atom. The van der Waals surface area contributed by atoms with Crippen molar-refractivity contribution in [2.45, 2.75) is 231 Å². The summed E-state index contributed by atoms with van der Waals surface area (Å²) in [4.78, 5) is 140. The van der Waals surface area contributed by atoms with E-state index >= 15 is 0 Å². The number of rotatable bonds is 60. The largest absolute Gasteiger partial charge is 0.481 e. The number of hydrogen-bond donors (Lipinski definition) is 11. The SMILES string of the molecule is CC(=O)CCC(CC(=O)CC[C@H](NC(=O)CCCCCCCCCCCCCCCCC(=O)O)C(=O)O)C(=O)O.CC[C@@H](CCCCNC(=O)CC[C@H](NC(=O)COCCOCCCC(=O)COCCOCCNC)C(=O)O)C(=O)N[C@H](C(=O)O)[C@@H](C)O. The van der Waals surface area contributed by atoms with Gasteiger partial charge in [-0.2, -0.15) is 0 Å². The normalized spacial score (nSPS) is 13.1. The van der Waals surface area contributed by atoms with Crippen LogP contribution in [0.1, 0.15) is 207 Å². The molecule has 1 unspecified atom stereocenters. The first kappa shape index (κ1) is 84.1. The maximum Gasteiger partial charge on any atom is 0.328 e. The van der Waals surface area contributed by atoms with Gasteiger partial charge in [-0.25, -0.2) is 14.4 Å². The standard InChI is InChI=1S/C31H56N4O13.C30H51NO9/c1-4-23(29(40)35-28(22(2)36)31(43)44)8-5-6-12-33-26(38)11-10-25(30(41)42)34-27(39)21-48-19-16-45-14-7-9-24(37)20-47-18-17-46-15-13-32-3;1-23(32)18-19-24(29(37)38)22-25(33)20-21-26(30(39)40)31-27(34)16-14-12-10-8-6-4-2-3-5-7-9-11-13-15-17-28(35)36/h22-23,25,28,32,36H,4-21H2,1-3H3,(H,33,38)(H,34,39)(H,35,40)(H,41,42)(H,43,44);24,26H,2-22H2,1H3,(H,31,34)(H,35,36)(H,37,38)(H,39,40)/t22-,23+,25+,28+;24?,26-/m10/s1. The second kappa shape index (κ2) is 56.2. The van der Waals surface area contributed by atoms with Crippen LogP contribution in [0.3, 0.4) is 0 Å².